The van der Waals surface area contributed by atoms with Gasteiger partial charge in [-0.15, -0.1) is 0 Å². The highest BCUT2D eigenvalue weighted by Gasteiger charge is 2.79. The van der Waals surface area contributed by atoms with E-state index in [9.17, 15) is 0 Å². The number of fused-ring (bicyclic) bond motifs is 7. The Kier molecular flexibility index (Phi) is 4.25. The second kappa shape index (κ2) is 6.38. The molecule has 0 heterocycles. The van der Waals surface area contributed by atoms with Crippen molar-refractivity contribution in [2.45, 2.75) is 93.9 Å². The number of hydrogen-bond acceptors (Lipinski definition) is 0. The molecule has 0 unspecified atom stereocenters. The second-order valence-corrected chi connectivity index (χ2v) is 14.6. The van der Waals surface area contributed by atoms with Crippen molar-refractivity contribution in [1.29, 1.82) is 0 Å². The lowest BCUT2D eigenvalue weighted by atomic mass is 9.21. The third-order valence-corrected chi connectivity index (χ3v) is 13.8. The van der Waals surface area contributed by atoms with Crippen LogP contribution in [0.2, 0.25) is 0 Å². The standard InChI is InChI=1S/C36H44/c1-21-24-19-20-26-25-16-14-13-15-23(25)17-18-27(26)28(24)22(2)30-29(21)35(11)31(3,4)33(7,8)36(30,12)34(9,10)32(35,5)6/h13-20H,1-12H3. The SMILES string of the molecule is Cc1c2c(c(C)c3c1ccc1c4ccccc4ccc13)C1(C)C(C)(C)C(C)(C)C2(C)C(C)(C)C1(C)C. The fourth-order valence-corrected chi connectivity index (χ4v) is 10.0. The molecule has 0 heteroatoms. The first-order chi connectivity index (χ1) is 16.5. The minimum absolute atomic E-state index is 0.0160. The van der Waals surface area contributed by atoms with Gasteiger partial charge in [0.05, 0.1) is 0 Å². The zero-order chi connectivity index (χ0) is 26.4. The van der Waals surface area contributed by atoms with Crippen LogP contribution in [0, 0.1) is 35.5 Å². The molecule has 2 bridgehead atoms. The van der Waals surface area contributed by atoms with Gasteiger partial charge in [0.1, 0.15) is 0 Å². The van der Waals surface area contributed by atoms with Crippen molar-refractivity contribution >= 4 is 32.3 Å². The predicted octanol–water partition coefficient (Wildman–Crippen LogP) is 10.4. The third-order valence-electron chi connectivity index (χ3n) is 13.8. The summed E-state index contributed by atoms with van der Waals surface area (Å²) in [5, 5.41) is 8.36. The fourth-order valence-electron chi connectivity index (χ4n) is 10.0. The summed E-state index contributed by atoms with van der Waals surface area (Å²) in [6.07, 6.45) is 0. The number of benzene rings is 4. The lowest BCUT2D eigenvalue weighted by molar-refractivity contribution is -0.247. The molecule has 3 aliphatic carbocycles. The average Bonchev–Trinajstić information content (AvgIpc) is 2.82. The van der Waals surface area contributed by atoms with Crippen LogP contribution in [0.5, 0.6) is 0 Å². The molecule has 0 N–H and O–H groups in total. The van der Waals surface area contributed by atoms with Crippen molar-refractivity contribution < 1.29 is 0 Å². The largest absolute Gasteiger partial charge is 0.0616 e. The van der Waals surface area contributed by atoms with E-state index in [1.165, 1.54) is 43.4 Å². The lowest BCUT2D eigenvalue weighted by Crippen LogP contribution is -2.79. The highest BCUT2D eigenvalue weighted by molar-refractivity contribution is 6.19. The molecule has 36 heavy (non-hydrogen) atoms. The molecule has 188 valence electrons. The summed E-state index contributed by atoms with van der Waals surface area (Å²) < 4.78 is 0. The first kappa shape index (κ1) is 24.0. The molecule has 1 fully saturated rings. The lowest BCUT2D eigenvalue weighted by Gasteiger charge is -2.82. The van der Waals surface area contributed by atoms with Crippen molar-refractivity contribution in [2.24, 2.45) is 21.7 Å². The van der Waals surface area contributed by atoms with Crippen molar-refractivity contribution in [2.75, 3.05) is 0 Å². The highest BCUT2D eigenvalue weighted by Crippen LogP contribution is 2.83. The molecule has 0 amide bonds. The Morgan fingerprint density at radius 1 is 0.417 bits per heavy atom. The van der Waals surface area contributed by atoms with E-state index in [0.29, 0.717) is 0 Å². The molecule has 1 saturated carbocycles. The Labute approximate surface area is 218 Å². The van der Waals surface area contributed by atoms with E-state index in [4.69, 9.17) is 0 Å². The molecule has 4 aromatic rings. The summed E-state index contributed by atoms with van der Waals surface area (Å²) >= 11 is 0. The van der Waals surface area contributed by atoms with Crippen LogP contribution in [0.4, 0.5) is 0 Å². The van der Waals surface area contributed by atoms with E-state index >= 15 is 0 Å². The van der Waals surface area contributed by atoms with Crippen molar-refractivity contribution in [1.82, 2.24) is 0 Å². The van der Waals surface area contributed by atoms with Gasteiger partial charge in [0.25, 0.3) is 0 Å². The quantitative estimate of drug-likeness (QED) is 0.221. The van der Waals surface area contributed by atoms with Crippen molar-refractivity contribution in [3.8, 4) is 0 Å². The van der Waals surface area contributed by atoms with E-state index in [1.54, 1.807) is 11.1 Å². The number of hydrogen-bond donors (Lipinski definition) is 0. The van der Waals surface area contributed by atoms with Crippen LogP contribution in [-0.4, -0.2) is 0 Å². The Morgan fingerprint density at radius 2 is 0.861 bits per heavy atom. The number of rotatable bonds is 0. The Morgan fingerprint density at radius 3 is 1.42 bits per heavy atom. The Bertz CT molecular complexity index is 1590. The second-order valence-electron chi connectivity index (χ2n) is 14.6. The molecular weight excluding hydrogens is 432 g/mol. The Balaban J connectivity index is 1.91. The summed E-state index contributed by atoms with van der Waals surface area (Å²) in [5.74, 6) is 0. The average molecular weight is 477 g/mol. The smallest absolute Gasteiger partial charge is 0.00436 e. The van der Waals surface area contributed by atoms with E-state index in [0.717, 1.165) is 0 Å². The molecule has 0 nitrogen and oxygen atoms in total. The van der Waals surface area contributed by atoms with Crippen molar-refractivity contribution in [3.63, 3.8) is 0 Å². The van der Waals surface area contributed by atoms with Gasteiger partial charge in [0, 0.05) is 10.8 Å². The van der Waals surface area contributed by atoms with Crippen molar-refractivity contribution in [3.05, 3.63) is 70.8 Å². The fraction of sp³-hybridized carbons (Fsp3) is 0.500. The normalized spacial score (nSPS) is 29.1. The summed E-state index contributed by atoms with van der Waals surface area (Å²) in [4.78, 5) is 0. The highest BCUT2D eigenvalue weighted by atomic mass is 14.8. The third kappa shape index (κ3) is 2.04. The number of aryl methyl sites for hydroxylation is 2. The molecule has 3 aliphatic rings. The molecule has 0 radical (unpaired) electrons. The maximum absolute atomic E-state index is 2.62. The van der Waals surface area contributed by atoms with Crippen LogP contribution in [0.3, 0.4) is 0 Å². The molecule has 0 aromatic heterocycles. The maximum Gasteiger partial charge on any atom is 0.00436 e. The summed E-state index contributed by atoms with van der Waals surface area (Å²) in [6, 6.07) is 18.4. The molecule has 0 saturated heterocycles. The van der Waals surface area contributed by atoms with Gasteiger partial charge in [0.15, 0.2) is 0 Å². The summed E-state index contributed by atoms with van der Waals surface area (Å²) in [6.45, 7) is 30.6. The van der Waals surface area contributed by atoms with Gasteiger partial charge in [0.2, 0.25) is 0 Å². The van der Waals surface area contributed by atoms with Gasteiger partial charge < -0.3 is 0 Å². The molecule has 0 spiro atoms. The van der Waals surface area contributed by atoms with Gasteiger partial charge >= 0.3 is 0 Å². The summed E-state index contributed by atoms with van der Waals surface area (Å²) in [7, 11) is 0. The zero-order valence-electron chi connectivity index (χ0n) is 24.6. The van der Waals surface area contributed by atoms with E-state index in [2.05, 4.69) is 132 Å². The van der Waals surface area contributed by atoms with E-state index < -0.39 is 0 Å². The van der Waals surface area contributed by atoms with Crippen LogP contribution in [0.1, 0.15) is 91.5 Å². The van der Waals surface area contributed by atoms with Crippen LogP contribution in [0.15, 0.2) is 48.5 Å². The van der Waals surface area contributed by atoms with Gasteiger partial charge in [-0.3, -0.25) is 0 Å². The molecule has 7 rings (SSSR count). The van der Waals surface area contributed by atoms with E-state index in [-0.39, 0.29) is 32.5 Å². The van der Waals surface area contributed by atoms with Gasteiger partial charge in [-0.1, -0.05) is 118 Å². The molecule has 4 aromatic carbocycles. The molecule has 0 aliphatic heterocycles. The van der Waals surface area contributed by atoms with Gasteiger partial charge in [-0.05, 0) is 90.1 Å². The van der Waals surface area contributed by atoms with Crippen LogP contribution >= 0.6 is 0 Å². The van der Waals surface area contributed by atoms with Gasteiger partial charge in [-0.2, -0.15) is 0 Å². The van der Waals surface area contributed by atoms with Crippen LogP contribution < -0.4 is 0 Å². The molecular formula is C36H44. The minimum atomic E-state index is 0.0160. The first-order valence-electron chi connectivity index (χ1n) is 13.9. The monoisotopic (exact) mass is 476 g/mol. The predicted molar refractivity (Wildman–Crippen MR) is 158 cm³/mol. The van der Waals surface area contributed by atoms with Gasteiger partial charge in [-0.25, -0.2) is 0 Å². The maximum atomic E-state index is 2.62. The van der Waals surface area contributed by atoms with Crippen LogP contribution in [0.25, 0.3) is 32.3 Å². The Hall–Kier alpha value is -2.34. The molecule has 0 atom stereocenters. The van der Waals surface area contributed by atoms with E-state index in [1.807, 2.05) is 0 Å². The van der Waals surface area contributed by atoms with Crippen LogP contribution in [-0.2, 0) is 10.8 Å². The summed E-state index contributed by atoms with van der Waals surface area (Å²) in [5.41, 5.74) is 6.81. The minimum Gasteiger partial charge on any atom is -0.0616 e. The first-order valence-corrected chi connectivity index (χ1v) is 13.9. The topological polar surface area (TPSA) is 0 Å². The zero-order valence-corrected chi connectivity index (χ0v) is 24.6.